The normalized spacial score (nSPS) is 12.1. The highest BCUT2D eigenvalue weighted by Crippen LogP contribution is 2.32. The predicted octanol–water partition coefficient (Wildman–Crippen LogP) is 15.0. The van der Waals surface area contributed by atoms with Gasteiger partial charge in [0.25, 0.3) is 0 Å². The molecule has 0 aliphatic rings. The smallest absolute Gasteiger partial charge is 0.311 e. The summed E-state index contributed by atoms with van der Waals surface area (Å²) in [5.41, 5.74) is -0.991. The van der Waals surface area contributed by atoms with Crippen LogP contribution < -0.4 is 0 Å². The van der Waals surface area contributed by atoms with Gasteiger partial charge in [0.2, 0.25) is 0 Å². The molecule has 0 heterocycles. The summed E-state index contributed by atoms with van der Waals surface area (Å²) in [7, 11) is 1.35. The molecule has 0 aliphatic carbocycles. The maximum atomic E-state index is 12.3. The second kappa shape index (κ2) is 47.4. The molecule has 0 radical (unpaired) electrons. The lowest BCUT2D eigenvalue weighted by Gasteiger charge is -2.27. The molecule has 0 aromatic carbocycles. The largest absolute Gasteiger partial charge is 0.469 e. The van der Waals surface area contributed by atoms with Crippen LogP contribution in [0.15, 0.2) is 12.3 Å². The number of carbonyl (C=O) groups is 3. The summed E-state index contributed by atoms with van der Waals surface area (Å²) in [5, 5.41) is 0. The van der Waals surface area contributed by atoms with E-state index in [4.69, 9.17) is 24.0 Å². The van der Waals surface area contributed by atoms with Crippen LogP contribution in [-0.2, 0) is 38.4 Å². The van der Waals surface area contributed by atoms with Crippen molar-refractivity contribution in [3.05, 3.63) is 12.3 Å². The van der Waals surface area contributed by atoms with Crippen LogP contribution >= 0.6 is 11.8 Å². The van der Waals surface area contributed by atoms with Gasteiger partial charge in [-0.2, -0.15) is 16.6 Å². The molecule has 0 spiro atoms. The minimum atomic E-state index is -0.692. The third kappa shape index (κ3) is 38.5. The third-order valence-corrected chi connectivity index (χ3v) is 8.98. The Hall–Kier alpha value is -1.74. The van der Waals surface area contributed by atoms with Crippen LogP contribution in [0.2, 0.25) is 0 Å². The van der Waals surface area contributed by atoms with Gasteiger partial charge in [0.15, 0.2) is 0 Å². The Morgan fingerprint density at radius 2 is 1.07 bits per heavy atom. The maximum absolute atomic E-state index is 12.3. The molecule has 0 aromatic heterocycles. The first-order valence-corrected chi connectivity index (χ1v) is 19.0. The van der Waals surface area contributed by atoms with Crippen molar-refractivity contribution >= 4 is 29.7 Å². The van der Waals surface area contributed by atoms with Crippen molar-refractivity contribution in [2.24, 2.45) is 22.7 Å². The molecule has 0 saturated carbocycles. The van der Waals surface area contributed by atoms with Gasteiger partial charge >= 0.3 is 17.9 Å². The highest BCUT2D eigenvalue weighted by atomic mass is 32.2. The molecule has 0 N–H and O–H groups in total. The van der Waals surface area contributed by atoms with Crippen LogP contribution in [0.4, 0.5) is 0 Å². The average molecular weight is 803 g/mol. The van der Waals surface area contributed by atoms with Gasteiger partial charge in [-0.3, -0.25) is 14.4 Å². The van der Waals surface area contributed by atoms with Crippen LogP contribution in [0.25, 0.3) is 0 Å². The molecule has 54 heavy (non-hydrogen) atoms. The van der Waals surface area contributed by atoms with Gasteiger partial charge in [-0.1, -0.05) is 165 Å². The van der Waals surface area contributed by atoms with E-state index in [1.165, 1.54) is 64.9 Å². The first kappa shape index (κ1) is 76.9. The Bertz CT molecular complexity index is 819. The molecule has 0 saturated heterocycles. The lowest BCUT2D eigenvalue weighted by atomic mass is 9.79. The van der Waals surface area contributed by atoms with Crippen molar-refractivity contribution in [2.45, 2.75) is 205 Å². The van der Waals surface area contributed by atoms with Crippen LogP contribution in [0.3, 0.4) is 0 Å². The van der Waals surface area contributed by atoms with Gasteiger partial charge in [-0.15, -0.1) is 0 Å². The van der Waals surface area contributed by atoms with Crippen LogP contribution in [0.5, 0.6) is 0 Å². The number of hydrogen-bond donors (Lipinski definition) is 0. The molecule has 0 fully saturated rings. The zero-order valence-corrected chi connectivity index (χ0v) is 32.1. The second-order valence-electron chi connectivity index (χ2n) is 13.4. The van der Waals surface area contributed by atoms with Gasteiger partial charge < -0.3 is 19.1 Å². The highest BCUT2D eigenvalue weighted by molar-refractivity contribution is 7.98. The van der Waals surface area contributed by atoms with E-state index in [0.717, 1.165) is 19.3 Å². The summed E-state index contributed by atoms with van der Waals surface area (Å²) in [6.07, 6.45) is 17.8. The van der Waals surface area contributed by atoms with Gasteiger partial charge in [-0.05, 0) is 58.1 Å². The van der Waals surface area contributed by atoms with Crippen molar-refractivity contribution in [3.63, 3.8) is 0 Å². The zero-order chi connectivity index (χ0) is 35.4. The van der Waals surface area contributed by atoms with E-state index in [2.05, 4.69) is 34.3 Å². The number of methoxy groups -OCH3 is 1. The minimum Gasteiger partial charge on any atom is -0.469 e. The van der Waals surface area contributed by atoms with Crippen LogP contribution in [-0.4, -0.2) is 56.8 Å². The summed E-state index contributed by atoms with van der Waals surface area (Å²) >= 11 is 1.57. The summed E-state index contributed by atoms with van der Waals surface area (Å²) in [6, 6.07) is 0. The predicted molar refractivity (Wildman–Crippen MR) is 244 cm³/mol. The number of rotatable bonds is 27. The van der Waals surface area contributed by atoms with E-state index in [9.17, 15) is 14.4 Å². The molecule has 8 nitrogen and oxygen atoms in total. The Morgan fingerprint density at radius 1 is 0.630 bits per heavy atom. The Kier molecular flexibility index (Phi) is 67.5. The molecule has 0 rings (SSSR count). The fourth-order valence-corrected chi connectivity index (χ4v) is 5.58. The van der Waals surface area contributed by atoms with Gasteiger partial charge in [-0.25, -0.2) is 0 Å². The van der Waals surface area contributed by atoms with Gasteiger partial charge in [0.05, 0.1) is 36.2 Å². The van der Waals surface area contributed by atoms with Crippen molar-refractivity contribution in [1.29, 1.82) is 0 Å². The van der Waals surface area contributed by atoms with Crippen molar-refractivity contribution < 1.29 is 38.4 Å². The molecule has 0 bridgehead atoms. The number of unbranched alkanes of at least 4 members (excludes halogenated alkanes) is 9. The Morgan fingerprint density at radius 3 is 1.48 bits per heavy atom. The highest BCUT2D eigenvalue weighted by Gasteiger charge is 2.36. The van der Waals surface area contributed by atoms with E-state index in [0.29, 0.717) is 36.9 Å². The van der Waals surface area contributed by atoms with Crippen LogP contribution in [0, 0.1) is 22.7 Å². The molecule has 336 valence electrons. The van der Waals surface area contributed by atoms with E-state index < -0.39 is 11.3 Å². The minimum absolute atomic E-state index is 0. The quantitative estimate of drug-likeness (QED) is 0.0201. The zero-order valence-electron chi connectivity index (χ0n) is 31.3. The first-order chi connectivity index (χ1) is 21.8. The molecule has 3 unspecified atom stereocenters. The summed E-state index contributed by atoms with van der Waals surface area (Å²) in [4.78, 5) is 45.8. The molecule has 0 aromatic rings. The topological polar surface area (TPSA) is 97.4 Å². The molecule has 0 aliphatic heterocycles. The fraction of sp³-hybridized carbons (Fsp3) is 0.889. The first-order valence-electron chi connectivity index (χ1n) is 17.6. The molecule has 3 atom stereocenters. The van der Waals surface area contributed by atoms with E-state index in [1.807, 2.05) is 20.1 Å². The van der Waals surface area contributed by atoms with Crippen LogP contribution in [0.1, 0.15) is 205 Å². The maximum Gasteiger partial charge on any atom is 0.311 e. The summed E-state index contributed by atoms with van der Waals surface area (Å²) < 4.78 is 15.5. The number of hydrogen-bond acceptors (Lipinski definition) is 9. The average Bonchev–Trinajstić information content (AvgIpc) is 3.02. The van der Waals surface area contributed by atoms with Gasteiger partial charge in [0, 0.05) is 0 Å². The number of ether oxygens (including phenoxy) is 3. The number of esters is 3. The van der Waals surface area contributed by atoms with Crippen molar-refractivity contribution in [3.8, 4) is 0 Å². The molecular formula is C45H102O8S. The standard InChI is InChI=1S/C21H42O2.C16H28O6S.8CH4/c1-6-8-9-10-11-12-13-14-15-16-17-23-20(22)21(5,7-2)18-19(3)4;1-7-16(4,15(18)19-5)10-12(2)14(17)20-8-9-21-22-13(3)11-23-6;;;;;;;;/h19H,6-18H2,1-5H3;12H,3,7-11H2,1-2,4-6H3;8*1H4. The SMILES string of the molecule is C.C.C.C.C.C.C.C.C=C(CSC)OOCCOC(=O)C(C)CC(C)(CC)C(=O)OC.CCCCCCCCCCCCOC(=O)C(C)(CC)CC(C)C. The Labute approximate surface area is 345 Å². The lowest BCUT2D eigenvalue weighted by Crippen LogP contribution is -2.33. The monoisotopic (exact) mass is 803 g/mol. The molecule has 9 heteroatoms. The number of thioether (sulfide) groups is 1. The second-order valence-corrected chi connectivity index (χ2v) is 14.3. The third-order valence-electron chi connectivity index (χ3n) is 8.37. The molecular weight excluding hydrogens is 701 g/mol. The van der Waals surface area contributed by atoms with E-state index in [1.54, 1.807) is 25.6 Å². The fourth-order valence-electron chi connectivity index (χ4n) is 5.21. The van der Waals surface area contributed by atoms with Gasteiger partial charge in [0.1, 0.15) is 19.0 Å². The number of carbonyl (C=O) groups excluding carboxylic acids is 3. The van der Waals surface area contributed by atoms with E-state index >= 15 is 0 Å². The lowest BCUT2D eigenvalue weighted by molar-refractivity contribution is -0.265. The summed E-state index contributed by atoms with van der Waals surface area (Å²) in [6.45, 7) is 20.6. The van der Waals surface area contributed by atoms with Crippen molar-refractivity contribution in [2.75, 3.05) is 38.9 Å². The molecule has 0 amide bonds. The van der Waals surface area contributed by atoms with E-state index in [-0.39, 0.29) is 95.9 Å². The Balaban J connectivity index is -0.0000000781. The summed E-state index contributed by atoms with van der Waals surface area (Å²) in [5.74, 6) is 0.582. The van der Waals surface area contributed by atoms with Crippen molar-refractivity contribution in [1.82, 2.24) is 0 Å².